The molecule has 30 heavy (non-hydrogen) atoms. The number of aliphatic hydroxyl groups is 2. The maximum absolute atomic E-state index is 12.8. The average molecular weight is 432 g/mol. The lowest BCUT2D eigenvalue weighted by atomic mass is 9.95. The molecular formula is C22H22ClNO6. The Kier molecular flexibility index (Phi) is 6.34. The van der Waals surface area contributed by atoms with Crippen LogP contribution < -0.4 is 4.74 Å². The van der Waals surface area contributed by atoms with Gasteiger partial charge in [-0.15, -0.1) is 0 Å². The predicted molar refractivity (Wildman–Crippen MR) is 111 cm³/mol. The van der Waals surface area contributed by atoms with E-state index in [0.29, 0.717) is 22.8 Å². The number of hydrogen-bond donors (Lipinski definition) is 3. The highest BCUT2D eigenvalue weighted by atomic mass is 35.5. The molecule has 0 radical (unpaired) electrons. The second-order valence-corrected chi connectivity index (χ2v) is 7.40. The second kappa shape index (κ2) is 8.77. The number of phenols is 1. The number of carbonyl (C=O) groups excluding carboxylic acids is 2. The number of benzene rings is 2. The highest BCUT2D eigenvalue weighted by molar-refractivity contribution is 6.46. The molecule has 1 aliphatic heterocycles. The summed E-state index contributed by atoms with van der Waals surface area (Å²) in [4.78, 5) is 26.8. The fourth-order valence-electron chi connectivity index (χ4n) is 3.43. The van der Waals surface area contributed by atoms with Gasteiger partial charge >= 0.3 is 0 Å². The van der Waals surface area contributed by atoms with E-state index in [2.05, 4.69) is 0 Å². The van der Waals surface area contributed by atoms with Crippen molar-refractivity contribution in [2.45, 2.75) is 26.0 Å². The first-order valence-corrected chi connectivity index (χ1v) is 9.80. The molecule has 0 bridgehead atoms. The van der Waals surface area contributed by atoms with Crippen LogP contribution in [0, 0.1) is 0 Å². The van der Waals surface area contributed by atoms with Crippen LogP contribution in [0.1, 0.15) is 31.0 Å². The number of aromatic hydroxyl groups is 1. The Labute approximate surface area is 178 Å². The van der Waals surface area contributed by atoms with Crippen molar-refractivity contribution in [1.29, 1.82) is 0 Å². The fraction of sp³-hybridized carbons (Fsp3) is 0.273. The van der Waals surface area contributed by atoms with Gasteiger partial charge in [0.1, 0.15) is 5.76 Å². The second-order valence-electron chi connectivity index (χ2n) is 6.97. The summed E-state index contributed by atoms with van der Waals surface area (Å²) in [5, 5.41) is 31.3. The van der Waals surface area contributed by atoms with Crippen LogP contribution in [0.25, 0.3) is 5.76 Å². The maximum atomic E-state index is 12.8. The van der Waals surface area contributed by atoms with Gasteiger partial charge in [0.05, 0.1) is 24.3 Å². The van der Waals surface area contributed by atoms with Gasteiger partial charge in [0.2, 0.25) is 0 Å². The van der Waals surface area contributed by atoms with Crippen molar-refractivity contribution in [3.05, 3.63) is 64.2 Å². The standard InChI is InChI=1S/C22H22ClNO6/c1-3-30-17-10-14(6-9-16(17)26)19-18(20(27)13-4-7-15(23)8-5-13)21(28)22(29)24(19)11-12(2)25/h4-10,12,19,25-27H,3,11H2,1-2H3/t12-,19+/m0/s1. The van der Waals surface area contributed by atoms with E-state index in [1.165, 1.54) is 24.0 Å². The Bertz CT molecular complexity index is 999. The van der Waals surface area contributed by atoms with Gasteiger partial charge < -0.3 is 25.0 Å². The molecule has 2 aromatic carbocycles. The lowest BCUT2D eigenvalue weighted by Gasteiger charge is -2.26. The zero-order valence-electron chi connectivity index (χ0n) is 16.5. The molecule has 0 saturated carbocycles. The number of ether oxygens (including phenoxy) is 1. The Morgan fingerprint density at radius 1 is 1.20 bits per heavy atom. The minimum atomic E-state index is -0.963. The molecule has 1 saturated heterocycles. The molecule has 0 aliphatic carbocycles. The first-order chi connectivity index (χ1) is 14.2. The lowest BCUT2D eigenvalue weighted by molar-refractivity contribution is -0.140. The van der Waals surface area contributed by atoms with Gasteiger partial charge in [-0.3, -0.25) is 9.59 Å². The quantitative estimate of drug-likeness (QED) is 0.368. The van der Waals surface area contributed by atoms with Crippen molar-refractivity contribution in [2.75, 3.05) is 13.2 Å². The van der Waals surface area contributed by atoms with Gasteiger partial charge in [0.15, 0.2) is 11.5 Å². The van der Waals surface area contributed by atoms with Gasteiger partial charge in [-0.1, -0.05) is 17.7 Å². The number of halogens is 1. The van der Waals surface area contributed by atoms with Crippen LogP contribution in [0.3, 0.4) is 0 Å². The Morgan fingerprint density at radius 2 is 1.87 bits per heavy atom. The number of aliphatic hydroxyl groups excluding tert-OH is 2. The van der Waals surface area contributed by atoms with Crippen LogP contribution in [0.5, 0.6) is 11.5 Å². The Morgan fingerprint density at radius 3 is 2.47 bits per heavy atom. The van der Waals surface area contributed by atoms with E-state index in [-0.39, 0.29) is 29.4 Å². The first kappa shape index (κ1) is 21.7. The van der Waals surface area contributed by atoms with Crippen LogP contribution in [-0.4, -0.2) is 51.2 Å². The van der Waals surface area contributed by atoms with Gasteiger partial charge in [0.25, 0.3) is 11.7 Å². The number of carbonyl (C=O) groups is 2. The monoisotopic (exact) mass is 431 g/mol. The smallest absolute Gasteiger partial charge is 0.295 e. The third-order valence-electron chi connectivity index (χ3n) is 4.72. The summed E-state index contributed by atoms with van der Waals surface area (Å²) in [6, 6.07) is 9.69. The average Bonchev–Trinajstić information content (AvgIpc) is 2.94. The number of likely N-dealkylation sites (tertiary alicyclic amines) is 1. The third-order valence-corrected chi connectivity index (χ3v) is 4.97. The molecule has 2 aromatic rings. The van der Waals surface area contributed by atoms with Crippen LogP contribution in [0.4, 0.5) is 0 Å². The number of amides is 1. The Hall–Kier alpha value is -3.03. The summed E-state index contributed by atoms with van der Waals surface area (Å²) in [6.07, 6.45) is -0.898. The van der Waals surface area contributed by atoms with Crippen LogP contribution >= 0.6 is 11.6 Å². The lowest BCUT2D eigenvalue weighted by Crippen LogP contribution is -2.35. The number of hydrogen-bond acceptors (Lipinski definition) is 6. The van der Waals surface area contributed by atoms with Crippen molar-refractivity contribution < 1.29 is 29.6 Å². The number of nitrogens with zero attached hydrogens (tertiary/aromatic N) is 1. The summed E-state index contributed by atoms with van der Waals surface area (Å²) in [5.41, 5.74) is 0.658. The maximum Gasteiger partial charge on any atom is 0.295 e. The molecule has 0 unspecified atom stereocenters. The van der Waals surface area contributed by atoms with E-state index in [0.717, 1.165) is 0 Å². The van der Waals surface area contributed by atoms with Crippen molar-refractivity contribution in [2.24, 2.45) is 0 Å². The number of β-amino-alcohol motifs (C(OH)–C–C–N with tert-alkyl or cyclic N) is 1. The zero-order valence-corrected chi connectivity index (χ0v) is 17.3. The molecule has 1 heterocycles. The Balaban J connectivity index is 2.20. The molecule has 1 fully saturated rings. The zero-order chi connectivity index (χ0) is 22.0. The van der Waals surface area contributed by atoms with Crippen molar-refractivity contribution in [1.82, 2.24) is 4.90 Å². The third kappa shape index (κ3) is 4.13. The van der Waals surface area contributed by atoms with Crippen LogP contribution in [0.2, 0.25) is 5.02 Å². The molecule has 7 nitrogen and oxygen atoms in total. The van der Waals surface area contributed by atoms with E-state index in [4.69, 9.17) is 16.3 Å². The summed E-state index contributed by atoms with van der Waals surface area (Å²) < 4.78 is 5.42. The van der Waals surface area contributed by atoms with Gasteiger partial charge in [-0.2, -0.15) is 0 Å². The van der Waals surface area contributed by atoms with E-state index < -0.39 is 23.8 Å². The highest BCUT2D eigenvalue weighted by Gasteiger charge is 2.46. The summed E-state index contributed by atoms with van der Waals surface area (Å²) in [7, 11) is 0. The molecule has 1 amide bonds. The van der Waals surface area contributed by atoms with Gasteiger partial charge in [-0.05, 0) is 55.8 Å². The number of ketones is 1. The number of rotatable bonds is 6. The van der Waals surface area contributed by atoms with E-state index >= 15 is 0 Å². The SMILES string of the molecule is CCOc1cc([C@@H]2C(=C(O)c3ccc(Cl)cc3)C(=O)C(=O)N2C[C@H](C)O)ccc1O. The summed E-state index contributed by atoms with van der Waals surface area (Å²) >= 11 is 5.90. The molecule has 0 spiro atoms. The minimum Gasteiger partial charge on any atom is -0.507 e. The van der Waals surface area contributed by atoms with E-state index in [1.54, 1.807) is 37.3 Å². The molecule has 3 rings (SSSR count). The largest absolute Gasteiger partial charge is 0.507 e. The normalized spacial score (nSPS) is 19.2. The van der Waals surface area contributed by atoms with Crippen molar-refractivity contribution in [3.8, 4) is 11.5 Å². The van der Waals surface area contributed by atoms with E-state index in [9.17, 15) is 24.9 Å². The molecule has 0 aromatic heterocycles. The summed E-state index contributed by atoms with van der Waals surface area (Å²) in [5.74, 6) is -1.95. The molecule has 158 valence electrons. The molecule has 2 atom stereocenters. The molecule has 8 heteroatoms. The number of Topliss-reactive ketones (excluding diaryl/α,β-unsaturated/α-hetero) is 1. The van der Waals surface area contributed by atoms with Gasteiger partial charge in [0, 0.05) is 17.1 Å². The molecular weight excluding hydrogens is 410 g/mol. The first-order valence-electron chi connectivity index (χ1n) is 9.42. The summed E-state index contributed by atoms with van der Waals surface area (Å²) in [6.45, 7) is 3.44. The minimum absolute atomic E-state index is 0.0919. The highest BCUT2D eigenvalue weighted by Crippen LogP contribution is 2.41. The molecule has 3 N–H and O–H groups in total. The fourth-order valence-corrected chi connectivity index (χ4v) is 3.56. The van der Waals surface area contributed by atoms with E-state index in [1.807, 2.05) is 0 Å². The van der Waals surface area contributed by atoms with Crippen LogP contribution in [-0.2, 0) is 9.59 Å². The topological polar surface area (TPSA) is 107 Å². The van der Waals surface area contributed by atoms with Gasteiger partial charge in [-0.25, -0.2) is 0 Å². The molecule has 1 aliphatic rings. The van der Waals surface area contributed by atoms with Crippen molar-refractivity contribution in [3.63, 3.8) is 0 Å². The van der Waals surface area contributed by atoms with Crippen molar-refractivity contribution >= 4 is 29.1 Å². The predicted octanol–water partition coefficient (Wildman–Crippen LogP) is 3.25. The number of phenolic OH excluding ortho intramolecular Hbond substituents is 1. The van der Waals surface area contributed by atoms with Crippen LogP contribution in [0.15, 0.2) is 48.0 Å².